The maximum absolute atomic E-state index is 5.72. The van der Waals surface area contributed by atoms with Gasteiger partial charge in [0.2, 0.25) is 0 Å². The molecule has 0 atom stereocenters. The van der Waals surface area contributed by atoms with Crippen LogP contribution in [0.2, 0.25) is 0 Å². The lowest BCUT2D eigenvalue weighted by atomic mass is 10.0. The average Bonchev–Trinajstić information content (AvgIpc) is 3.27. The Morgan fingerprint density at radius 1 is 1.19 bits per heavy atom. The molecule has 0 unspecified atom stereocenters. The highest BCUT2D eigenvalue weighted by Crippen LogP contribution is 2.27. The Hall–Kier alpha value is -2.02. The SMILES string of the molecule is Cl.Cl.c1cn(Cc2ccc3c(c2)CCCO3)c(-c2cc3n(n2)CCNC3)n1. The zero-order chi connectivity index (χ0) is 16.6. The van der Waals surface area contributed by atoms with Crippen molar-refractivity contribution in [1.29, 1.82) is 0 Å². The summed E-state index contributed by atoms with van der Waals surface area (Å²) in [4.78, 5) is 4.56. The smallest absolute Gasteiger partial charge is 0.160 e. The lowest BCUT2D eigenvalue weighted by Crippen LogP contribution is -2.28. The minimum absolute atomic E-state index is 0. The number of hydrogen-bond acceptors (Lipinski definition) is 4. The molecule has 3 aromatic rings. The summed E-state index contributed by atoms with van der Waals surface area (Å²) in [6.07, 6.45) is 6.08. The largest absolute Gasteiger partial charge is 0.493 e. The molecule has 2 aliphatic heterocycles. The molecule has 2 aliphatic rings. The number of fused-ring (bicyclic) bond motifs is 2. The van der Waals surface area contributed by atoms with Crippen LogP contribution in [0.25, 0.3) is 11.5 Å². The molecule has 1 N–H and O–H groups in total. The predicted molar refractivity (Wildman–Crippen MR) is 109 cm³/mol. The predicted octanol–water partition coefficient (Wildman–Crippen LogP) is 3.07. The van der Waals surface area contributed by atoms with Crippen molar-refractivity contribution < 1.29 is 4.74 Å². The molecule has 0 spiro atoms. The Bertz CT molecular complexity index is 897. The second-order valence-corrected chi connectivity index (χ2v) is 6.69. The van der Waals surface area contributed by atoms with Gasteiger partial charge in [-0.15, -0.1) is 24.8 Å². The van der Waals surface area contributed by atoms with E-state index in [-0.39, 0.29) is 24.8 Å². The van der Waals surface area contributed by atoms with Gasteiger partial charge in [-0.25, -0.2) is 4.98 Å². The van der Waals surface area contributed by atoms with Crippen LogP contribution in [-0.4, -0.2) is 32.5 Å². The number of halogens is 2. The number of hydrogen-bond donors (Lipinski definition) is 1. The fourth-order valence-corrected chi connectivity index (χ4v) is 3.68. The van der Waals surface area contributed by atoms with Crippen LogP contribution in [0, 0.1) is 0 Å². The highest BCUT2D eigenvalue weighted by atomic mass is 35.5. The maximum Gasteiger partial charge on any atom is 0.160 e. The van der Waals surface area contributed by atoms with E-state index in [1.807, 2.05) is 12.4 Å². The number of imidazole rings is 1. The summed E-state index contributed by atoms with van der Waals surface area (Å²) in [7, 11) is 0. The van der Waals surface area contributed by atoms with Crippen LogP contribution in [0.3, 0.4) is 0 Å². The monoisotopic (exact) mass is 407 g/mol. The number of nitrogens with one attached hydrogen (secondary N) is 1. The molecule has 6 nitrogen and oxygen atoms in total. The van der Waals surface area contributed by atoms with E-state index >= 15 is 0 Å². The molecule has 27 heavy (non-hydrogen) atoms. The lowest BCUT2D eigenvalue weighted by molar-refractivity contribution is 0.288. The van der Waals surface area contributed by atoms with Crippen molar-refractivity contribution in [2.24, 2.45) is 0 Å². The number of benzene rings is 1. The summed E-state index contributed by atoms with van der Waals surface area (Å²) in [5, 5.41) is 8.12. The van der Waals surface area contributed by atoms with Gasteiger partial charge in [-0.05, 0) is 36.1 Å². The first kappa shape index (κ1) is 19.7. The molecule has 8 heteroatoms. The second kappa shape index (κ2) is 8.33. The standard InChI is InChI=1S/C19H21N5O.2ClH/c1-2-15-10-14(3-4-18(15)25-9-1)13-23-7-6-21-19(23)17-11-16-12-20-5-8-24(16)22-17;;/h3-4,6-7,10-11,20H,1-2,5,8-9,12-13H2;2*1H. The van der Waals surface area contributed by atoms with Crippen molar-refractivity contribution in [3.63, 3.8) is 0 Å². The Labute approximate surface area is 170 Å². The molecule has 4 heterocycles. The van der Waals surface area contributed by atoms with Gasteiger partial charge in [0.15, 0.2) is 5.82 Å². The summed E-state index contributed by atoms with van der Waals surface area (Å²) in [5.41, 5.74) is 4.76. The molecule has 5 rings (SSSR count). The first-order valence-electron chi connectivity index (χ1n) is 8.90. The van der Waals surface area contributed by atoms with Crippen LogP contribution >= 0.6 is 24.8 Å². The van der Waals surface area contributed by atoms with Crippen molar-refractivity contribution in [2.45, 2.75) is 32.5 Å². The first-order valence-corrected chi connectivity index (χ1v) is 8.90. The van der Waals surface area contributed by atoms with Gasteiger partial charge in [0.25, 0.3) is 0 Å². The highest BCUT2D eigenvalue weighted by Gasteiger charge is 2.17. The van der Waals surface area contributed by atoms with Crippen LogP contribution in [-0.2, 0) is 26.1 Å². The molecule has 0 aliphatic carbocycles. The molecule has 0 saturated carbocycles. The van der Waals surface area contributed by atoms with Gasteiger partial charge in [-0.1, -0.05) is 12.1 Å². The van der Waals surface area contributed by atoms with E-state index in [0.717, 1.165) is 62.9 Å². The normalized spacial score (nSPS) is 15.0. The van der Waals surface area contributed by atoms with Crippen molar-refractivity contribution in [1.82, 2.24) is 24.6 Å². The number of rotatable bonds is 3. The van der Waals surface area contributed by atoms with Gasteiger partial charge in [0.05, 0.1) is 18.8 Å². The second-order valence-electron chi connectivity index (χ2n) is 6.69. The van der Waals surface area contributed by atoms with E-state index < -0.39 is 0 Å². The molecule has 0 saturated heterocycles. The van der Waals surface area contributed by atoms with Crippen LogP contribution < -0.4 is 10.1 Å². The first-order chi connectivity index (χ1) is 12.4. The summed E-state index contributed by atoms with van der Waals surface area (Å²) in [5.74, 6) is 1.96. The molecule has 2 aromatic heterocycles. The zero-order valence-electron chi connectivity index (χ0n) is 14.9. The molecule has 0 bridgehead atoms. The lowest BCUT2D eigenvalue weighted by Gasteiger charge is -2.18. The van der Waals surface area contributed by atoms with E-state index in [4.69, 9.17) is 9.84 Å². The fourth-order valence-electron chi connectivity index (χ4n) is 3.68. The van der Waals surface area contributed by atoms with E-state index in [2.05, 4.69) is 43.8 Å². The summed E-state index contributed by atoms with van der Waals surface area (Å²) in [6.45, 7) is 4.39. The minimum Gasteiger partial charge on any atom is -0.493 e. The van der Waals surface area contributed by atoms with Crippen molar-refractivity contribution in [3.8, 4) is 17.3 Å². The summed E-state index contributed by atoms with van der Waals surface area (Å²) < 4.78 is 9.97. The highest BCUT2D eigenvalue weighted by molar-refractivity contribution is 5.85. The van der Waals surface area contributed by atoms with Crippen molar-refractivity contribution in [3.05, 3.63) is 53.5 Å². The van der Waals surface area contributed by atoms with E-state index in [1.165, 1.54) is 16.8 Å². The topological polar surface area (TPSA) is 56.9 Å². The van der Waals surface area contributed by atoms with Crippen molar-refractivity contribution in [2.75, 3.05) is 13.2 Å². The Morgan fingerprint density at radius 3 is 3.00 bits per heavy atom. The zero-order valence-corrected chi connectivity index (χ0v) is 16.6. The molecule has 0 fully saturated rings. The van der Waals surface area contributed by atoms with Gasteiger partial charge in [-0.2, -0.15) is 5.10 Å². The average molecular weight is 408 g/mol. The van der Waals surface area contributed by atoms with Crippen LogP contribution in [0.4, 0.5) is 0 Å². The van der Waals surface area contributed by atoms with E-state index in [9.17, 15) is 0 Å². The third-order valence-electron chi connectivity index (χ3n) is 4.94. The fraction of sp³-hybridized carbons (Fsp3) is 0.368. The quantitative estimate of drug-likeness (QED) is 0.724. The molecule has 0 amide bonds. The number of aromatic nitrogens is 4. The maximum atomic E-state index is 5.72. The molecular formula is C19H23Cl2N5O. The number of aryl methyl sites for hydroxylation is 1. The van der Waals surface area contributed by atoms with Gasteiger partial charge in [0.1, 0.15) is 11.4 Å². The summed E-state index contributed by atoms with van der Waals surface area (Å²) >= 11 is 0. The molecular weight excluding hydrogens is 385 g/mol. The van der Waals surface area contributed by atoms with E-state index in [1.54, 1.807) is 0 Å². The van der Waals surface area contributed by atoms with Crippen LogP contribution in [0.15, 0.2) is 36.7 Å². The third-order valence-corrected chi connectivity index (χ3v) is 4.94. The van der Waals surface area contributed by atoms with E-state index in [0.29, 0.717) is 0 Å². The van der Waals surface area contributed by atoms with Gasteiger partial charge < -0.3 is 14.6 Å². The third kappa shape index (κ3) is 3.83. The summed E-state index contributed by atoms with van der Waals surface area (Å²) in [6, 6.07) is 8.66. The number of ether oxygens (including phenoxy) is 1. The number of nitrogens with zero attached hydrogens (tertiary/aromatic N) is 4. The Balaban J connectivity index is 0.00000105. The van der Waals surface area contributed by atoms with Gasteiger partial charge in [0, 0.05) is 32.0 Å². The van der Waals surface area contributed by atoms with Crippen LogP contribution in [0.1, 0.15) is 23.2 Å². The Kier molecular flexibility index (Phi) is 6.09. The molecule has 144 valence electrons. The van der Waals surface area contributed by atoms with Crippen LogP contribution in [0.5, 0.6) is 5.75 Å². The Morgan fingerprint density at radius 2 is 2.11 bits per heavy atom. The minimum atomic E-state index is 0. The van der Waals surface area contributed by atoms with Gasteiger partial charge in [-0.3, -0.25) is 4.68 Å². The molecule has 0 radical (unpaired) electrons. The molecule has 1 aromatic carbocycles. The van der Waals surface area contributed by atoms with Crippen molar-refractivity contribution >= 4 is 24.8 Å². The van der Waals surface area contributed by atoms with Gasteiger partial charge >= 0.3 is 0 Å².